The van der Waals surface area contributed by atoms with E-state index in [2.05, 4.69) is 9.55 Å². The summed E-state index contributed by atoms with van der Waals surface area (Å²) in [7, 11) is 0. The molecule has 4 nitrogen and oxygen atoms in total. The first-order valence-corrected chi connectivity index (χ1v) is 7.47. The standard InChI is InChI=1S/C18H18N2O2/c1-3-20-15(13-8-6-5-7-9-13)12-16(21)14-10-11-17(22-4-2)19-18(14)20/h5-12H,3-4H2,1-2H3. The SMILES string of the molecule is CCOc1ccc2c(=O)cc(-c3ccccc3)n(CC)c2n1. The van der Waals surface area contributed by atoms with Crippen LogP contribution in [-0.4, -0.2) is 16.2 Å². The van der Waals surface area contributed by atoms with Gasteiger partial charge in [-0.15, -0.1) is 0 Å². The first-order valence-electron chi connectivity index (χ1n) is 7.47. The highest BCUT2D eigenvalue weighted by molar-refractivity contribution is 5.79. The average molecular weight is 294 g/mol. The third-order valence-corrected chi connectivity index (χ3v) is 3.61. The van der Waals surface area contributed by atoms with Gasteiger partial charge in [0, 0.05) is 18.7 Å². The topological polar surface area (TPSA) is 44.1 Å². The molecule has 0 bridgehead atoms. The number of fused-ring (bicyclic) bond motifs is 1. The van der Waals surface area contributed by atoms with Crippen LogP contribution in [0.4, 0.5) is 0 Å². The van der Waals surface area contributed by atoms with Gasteiger partial charge in [0.15, 0.2) is 5.43 Å². The molecule has 0 unspecified atom stereocenters. The van der Waals surface area contributed by atoms with Crippen LogP contribution in [0.1, 0.15) is 13.8 Å². The molecular formula is C18H18N2O2. The number of pyridine rings is 2. The molecule has 0 saturated carbocycles. The molecule has 0 aliphatic rings. The lowest BCUT2D eigenvalue weighted by Crippen LogP contribution is -2.13. The van der Waals surface area contributed by atoms with Crippen molar-refractivity contribution in [2.24, 2.45) is 0 Å². The smallest absolute Gasteiger partial charge is 0.215 e. The van der Waals surface area contributed by atoms with E-state index in [-0.39, 0.29) is 5.43 Å². The van der Waals surface area contributed by atoms with Crippen molar-refractivity contribution in [1.29, 1.82) is 0 Å². The van der Waals surface area contributed by atoms with Crippen LogP contribution in [0.3, 0.4) is 0 Å². The van der Waals surface area contributed by atoms with Crippen LogP contribution in [0.15, 0.2) is 53.3 Å². The number of hydrogen-bond donors (Lipinski definition) is 0. The van der Waals surface area contributed by atoms with Crippen LogP contribution < -0.4 is 10.2 Å². The Hall–Kier alpha value is -2.62. The van der Waals surface area contributed by atoms with Crippen molar-refractivity contribution in [3.05, 3.63) is 58.8 Å². The largest absolute Gasteiger partial charge is 0.478 e. The molecule has 0 aliphatic heterocycles. The molecule has 1 aromatic carbocycles. The third kappa shape index (κ3) is 2.48. The zero-order valence-electron chi connectivity index (χ0n) is 12.7. The van der Waals surface area contributed by atoms with E-state index >= 15 is 0 Å². The lowest BCUT2D eigenvalue weighted by molar-refractivity contribution is 0.327. The monoisotopic (exact) mass is 294 g/mol. The fourth-order valence-electron chi connectivity index (χ4n) is 2.62. The quantitative estimate of drug-likeness (QED) is 0.740. The number of aromatic nitrogens is 2. The Morgan fingerprint density at radius 1 is 1.09 bits per heavy atom. The highest BCUT2D eigenvalue weighted by atomic mass is 16.5. The first-order chi connectivity index (χ1) is 10.7. The molecule has 0 spiro atoms. The molecule has 0 fully saturated rings. The maximum atomic E-state index is 12.4. The second kappa shape index (κ2) is 6.02. The van der Waals surface area contributed by atoms with E-state index in [4.69, 9.17) is 4.74 Å². The Morgan fingerprint density at radius 3 is 2.55 bits per heavy atom. The molecule has 0 saturated heterocycles. The van der Waals surface area contributed by atoms with Crippen molar-refractivity contribution >= 4 is 11.0 Å². The second-order valence-corrected chi connectivity index (χ2v) is 4.96. The minimum absolute atomic E-state index is 0.0194. The summed E-state index contributed by atoms with van der Waals surface area (Å²) in [6, 6.07) is 15.1. The summed E-state index contributed by atoms with van der Waals surface area (Å²) in [5.74, 6) is 0.543. The molecule has 0 amide bonds. The number of benzene rings is 1. The number of hydrogen-bond acceptors (Lipinski definition) is 3. The number of aryl methyl sites for hydroxylation is 1. The minimum atomic E-state index is -0.0194. The van der Waals surface area contributed by atoms with Gasteiger partial charge in [-0.1, -0.05) is 30.3 Å². The fraction of sp³-hybridized carbons (Fsp3) is 0.222. The molecule has 112 valence electrons. The third-order valence-electron chi connectivity index (χ3n) is 3.61. The van der Waals surface area contributed by atoms with Crippen LogP contribution in [0.2, 0.25) is 0 Å². The van der Waals surface area contributed by atoms with Crippen molar-refractivity contribution in [3.8, 4) is 17.1 Å². The van der Waals surface area contributed by atoms with Crippen molar-refractivity contribution in [2.75, 3.05) is 6.61 Å². The summed E-state index contributed by atoms with van der Waals surface area (Å²) < 4.78 is 7.52. The van der Waals surface area contributed by atoms with Gasteiger partial charge in [0.2, 0.25) is 5.88 Å². The zero-order chi connectivity index (χ0) is 15.5. The van der Waals surface area contributed by atoms with Crippen molar-refractivity contribution in [1.82, 2.24) is 9.55 Å². The molecule has 2 aromatic heterocycles. The van der Waals surface area contributed by atoms with Gasteiger partial charge in [-0.3, -0.25) is 4.79 Å². The van der Waals surface area contributed by atoms with Crippen LogP contribution in [0.5, 0.6) is 5.88 Å². The first kappa shape index (κ1) is 14.3. The maximum Gasteiger partial charge on any atom is 0.215 e. The van der Waals surface area contributed by atoms with Gasteiger partial charge >= 0.3 is 0 Å². The van der Waals surface area contributed by atoms with Gasteiger partial charge in [0.25, 0.3) is 0 Å². The fourth-order valence-corrected chi connectivity index (χ4v) is 2.62. The van der Waals surface area contributed by atoms with Gasteiger partial charge in [-0.2, -0.15) is 4.98 Å². The predicted molar refractivity (Wildman–Crippen MR) is 88.3 cm³/mol. The van der Waals surface area contributed by atoms with Crippen molar-refractivity contribution < 1.29 is 4.74 Å². The Labute approximate surface area is 129 Å². The van der Waals surface area contributed by atoms with E-state index in [1.807, 2.05) is 44.2 Å². The lowest BCUT2D eigenvalue weighted by atomic mass is 10.1. The van der Waals surface area contributed by atoms with Crippen LogP contribution in [-0.2, 0) is 6.54 Å². The summed E-state index contributed by atoms with van der Waals surface area (Å²) in [5, 5.41) is 0.616. The van der Waals surface area contributed by atoms with Crippen LogP contribution in [0, 0.1) is 0 Å². The predicted octanol–water partition coefficient (Wildman–Crippen LogP) is 3.48. The maximum absolute atomic E-state index is 12.4. The van der Waals surface area contributed by atoms with Gasteiger partial charge in [-0.25, -0.2) is 0 Å². The Balaban J connectivity index is 2.32. The zero-order valence-corrected chi connectivity index (χ0v) is 12.7. The molecule has 4 heteroatoms. The summed E-state index contributed by atoms with van der Waals surface area (Å²) >= 11 is 0. The molecular weight excluding hydrogens is 276 g/mol. The molecule has 0 N–H and O–H groups in total. The van der Waals surface area contributed by atoms with E-state index in [0.29, 0.717) is 23.5 Å². The molecule has 3 aromatic rings. The van der Waals surface area contributed by atoms with Crippen LogP contribution in [0.25, 0.3) is 22.3 Å². The Bertz CT molecular complexity index is 854. The van der Waals surface area contributed by atoms with Gasteiger partial charge in [0.05, 0.1) is 17.7 Å². The van der Waals surface area contributed by atoms with Crippen LogP contribution >= 0.6 is 0 Å². The summed E-state index contributed by atoms with van der Waals surface area (Å²) in [6.07, 6.45) is 0. The number of rotatable bonds is 4. The molecule has 0 aliphatic carbocycles. The van der Waals surface area contributed by atoms with E-state index in [9.17, 15) is 4.79 Å². The summed E-state index contributed by atoms with van der Waals surface area (Å²) in [5.41, 5.74) is 2.53. The summed E-state index contributed by atoms with van der Waals surface area (Å²) in [4.78, 5) is 16.9. The molecule has 0 atom stereocenters. The van der Waals surface area contributed by atoms with E-state index in [1.165, 1.54) is 0 Å². The van der Waals surface area contributed by atoms with Gasteiger partial charge < -0.3 is 9.30 Å². The Kier molecular flexibility index (Phi) is 3.92. The number of nitrogens with zero attached hydrogens (tertiary/aromatic N) is 2. The molecule has 22 heavy (non-hydrogen) atoms. The molecule has 2 heterocycles. The molecule has 3 rings (SSSR count). The van der Waals surface area contributed by atoms with Gasteiger partial charge in [-0.05, 0) is 25.5 Å². The normalized spacial score (nSPS) is 10.8. The summed E-state index contributed by atoms with van der Waals surface area (Å²) in [6.45, 7) is 5.24. The highest BCUT2D eigenvalue weighted by Gasteiger charge is 2.11. The van der Waals surface area contributed by atoms with Crippen molar-refractivity contribution in [3.63, 3.8) is 0 Å². The Morgan fingerprint density at radius 2 is 1.86 bits per heavy atom. The van der Waals surface area contributed by atoms with E-state index in [1.54, 1.807) is 18.2 Å². The van der Waals surface area contributed by atoms with E-state index < -0.39 is 0 Å². The highest BCUT2D eigenvalue weighted by Crippen LogP contribution is 2.23. The van der Waals surface area contributed by atoms with Gasteiger partial charge in [0.1, 0.15) is 5.65 Å². The lowest BCUT2D eigenvalue weighted by Gasteiger charge is -2.15. The van der Waals surface area contributed by atoms with Crippen molar-refractivity contribution in [2.45, 2.75) is 20.4 Å². The average Bonchev–Trinajstić information content (AvgIpc) is 2.56. The number of ether oxygens (including phenoxy) is 1. The second-order valence-electron chi connectivity index (χ2n) is 4.96. The minimum Gasteiger partial charge on any atom is -0.478 e. The molecule has 0 radical (unpaired) electrons. The van der Waals surface area contributed by atoms with E-state index in [0.717, 1.165) is 17.8 Å².